The SMILES string of the molecule is Cc1cc(C)nc(NC(=S)NC(=O)CSc2ccc(Cl)cc2)n1. The van der Waals surface area contributed by atoms with Gasteiger partial charge in [-0.05, 0) is 56.4 Å². The quantitative estimate of drug-likeness (QED) is 0.639. The Morgan fingerprint density at radius 3 is 2.43 bits per heavy atom. The molecule has 2 N–H and O–H groups in total. The lowest BCUT2D eigenvalue weighted by Crippen LogP contribution is -2.35. The maximum atomic E-state index is 11.9. The first-order chi connectivity index (χ1) is 10.9. The molecule has 2 aromatic rings. The fourth-order valence-corrected chi connectivity index (χ4v) is 2.79. The number of aryl methyl sites for hydroxylation is 2. The first-order valence-corrected chi connectivity index (χ1v) is 8.51. The number of thioether (sulfide) groups is 1. The Labute approximate surface area is 149 Å². The van der Waals surface area contributed by atoms with Gasteiger partial charge in [0.1, 0.15) is 0 Å². The lowest BCUT2D eigenvalue weighted by molar-refractivity contribution is -0.117. The minimum Gasteiger partial charge on any atom is -0.302 e. The van der Waals surface area contributed by atoms with Gasteiger partial charge in [0.2, 0.25) is 11.9 Å². The van der Waals surface area contributed by atoms with E-state index in [1.165, 1.54) is 11.8 Å². The van der Waals surface area contributed by atoms with Crippen molar-refractivity contribution in [2.75, 3.05) is 11.1 Å². The highest BCUT2D eigenvalue weighted by atomic mass is 35.5. The second kappa shape index (κ2) is 8.24. The van der Waals surface area contributed by atoms with Crippen molar-refractivity contribution in [1.29, 1.82) is 0 Å². The van der Waals surface area contributed by atoms with E-state index in [-0.39, 0.29) is 16.8 Å². The van der Waals surface area contributed by atoms with Gasteiger partial charge in [-0.1, -0.05) is 11.6 Å². The number of anilines is 1. The average molecular weight is 367 g/mol. The molecule has 2 rings (SSSR count). The maximum absolute atomic E-state index is 11.9. The molecule has 23 heavy (non-hydrogen) atoms. The topological polar surface area (TPSA) is 66.9 Å². The van der Waals surface area contributed by atoms with Crippen LogP contribution < -0.4 is 10.6 Å². The van der Waals surface area contributed by atoms with Crippen molar-refractivity contribution in [1.82, 2.24) is 15.3 Å². The van der Waals surface area contributed by atoms with E-state index in [9.17, 15) is 4.79 Å². The van der Waals surface area contributed by atoms with E-state index in [0.717, 1.165) is 16.3 Å². The van der Waals surface area contributed by atoms with Gasteiger partial charge in [-0.2, -0.15) is 0 Å². The molecule has 0 atom stereocenters. The number of aromatic nitrogens is 2. The van der Waals surface area contributed by atoms with Gasteiger partial charge in [0.15, 0.2) is 5.11 Å². The van der Waals surface area contributed by atoms with Crippen molar-refractivity contribution in [3.8, 4) is 0 Å². The van der Waals surface area contributed by atoms with E-state index < -0.39 is 0 Å². The molecule has 0 fully saturated rings. The van der Waals surface area contributed by atoms with Crippen LogP contribution in [0.5, 0.6) is 0 Å². The van der Waals surface area contributed by atoms with Crippen LogP contribution in [-0.2, 0) is 4.79 Å². The summed E-state index contributed by atoms with van der Waals surface area (Å²) >= 11 is 12.3. The van der Waals surface area contributed by atoms with Crippen molar-refractivity contribution in [3.05, 3.63) is 46.7 Å². The van der Waals surface area contributed by atoms with Gasteiger partial charge in [0.05, 0.1) is 5.75 Å². The van der Waals surface area contributed by atoms with Gasteiger partial charge in [-0.3, -0.25) is 4.79 Å². The van der Waals surface area contributed by atoms with Crippen molar-refractivity contribution >= 4 is 52.5 Å². The number of halogens is 1. The first kappa shape index (κ1) is 17.7. The van der Waals surface area contributed by atoms with Gasteiger partial charge < -0.3 is 10.6 Å². The molecular formula is C15H15ClN4OS2. The fourth-order valence-electron chi connectivity index (χ4n) is 1.76. The van der Waals surface area contributed by atoms with Crippen LogP contribution in [0.2, 0.25) is 5.02 Å². The molecule has 0 spiro atoms. The summed E-state index contributed by atoms with van der Waals surface area (Å²) in [6, 6.07) is 9.15. The van der Waals surface area contributed by atoms with Crippen LogP contribution in [0.15, 0.2) is 35.2 Å². The summed E-state index contributed by atoms with van der Waals surface area (Å²) in [5, 5.41) is 6.26. The molecule has 0 radical (unpaired) electrons. The molecule has 1 aromatic heterocycles. The van der Waals surface area contributed by atoms with Gasteiger partial charge in [0, 0.05) is 21.3 Å². The number of amides is 1. The number of carbonyl (C=O) groups excluding carboxylic acids is 1. The molecular weight excluding hydrogens is 352 g/mol. The van der Waals surface area contributed by atoms with Crippen molar-refractivity contribution < 1.29 is 4.79 Å². The Hall–Kier alpha value is -1.70. The number of carbonyl (C=O) groups is 1. The van der Waals surface area contributed by atoms with E-state index in [0.29, 0.717) is 11.0 Å². The van der Waals surface area contributed by atoms with Gasteiger partial charge in [-0.25, -0.2) is 9.97 Å². The Morgan fingerprint density at radius 2 is 1.83 bits per heavy atom. The minimum atomic E-state index is -0.202. The van der Waals surface area contributed by atoms with E-state index in [2.05, 4.69) is 20.6 Å². The molecule has 0 saturated heterocycles. The summed E-state index contributed by atoms with van der Waals surface area (Å²) in [5.74, 6) is 0.418. The van der Waals surface area contributed by atoms with Crippen LogP contribution in [0.3, 0.4) is 0 Å². The van der Waals surface area contributed by atoms with Crippen LogP contribution in [0.1, 0.15) is 11.4 Å². The standard InChI is InChI=1S/C15H15ClN4OS2/c1-9-7-10(2)18-14(17-9)20-15(22)19-13(21)8-23-12-5-3-11(16)4-6-12/h3-7H,8H2,1-2H3,(H2,17,18,19,20,21,22). The Balaban J connectivity index is 1.82. The molecule has 0 aliphatic heterocycles. The van der Waals surface area contributed by atoms with Crippen LogP contribution >= 0.6 is 35.6 Å². The summed E-state index contributed by atoms with van der Waals surface area (Å²) in [7, 11) is 0. The maximum Gasteiger partial charge on any atom is 0.236 e. The van der Waals surface area contributed by atoms with E-state index in [1.54, 1.807) is 12.1 Å². The smallest absolute Gasteiger partial charge is 0.236 e. The molecule has 0 saturated carbocycles. The summed E-state index contributed by atoms with van der Waals surface area (Å²) in [5.41, 5.74) is 1.65. The lowest BCUT2D eigenvalue weighted by atomic mass is 10.4. The zero-order valence-electron chi connectivity index (χ0n) is 12.6. The molecule has 0 bridgehead atoms. The number of nitrogens with one attached hydrogen (secondary N) is 2. The molecule has 1 heterocycles. The fraction of sp³-hybridized carbons (Fsp3) is 0.200. The van der Waals surface area contributed by atoms with Crippen molar-refractivity contribution in [3.63, 3.8) is 0 Å². The Bertz CT molecular complexity index is 702. The predicted octanol–water partition coefficient (Wildman–Crippen LogP) is 3.35. The van der Waals surface area contributed by atoms with Crippen LogP contribution in [0, 0.1) is 13.8 Å². The number of hydrogen-bond acceptors (Lipinski definition) is 5. The third-order valence-electron chi connectivity index (χ3n) is 2.64. The van der Waals surface area contributed by atoms with Crippen LogP contribution in [0.25, 0.3) is 0 Å². The monoisotopic (exact) mass is 366 g/mol. The van der Waals surface area contributed by atoms with Gasteiger partial charge in [0.25, 0.3) is 0 Å². The number of benzene rings is 1. The normalized spacial score (nSPS) is 10.2. The lowest BCUT2D eigenvalue weighted by Gasteiger charge is -2.09. The summed E-state index contributed by atoms with van der Waals surface area (Å²) in [4.78, 5) is 21.3. The zero-order chi connectivity index (χ0) is 16.8. The Kier molecular flexibility index (Phi) is 6.32. The predicted molar refractivity (Wildman–Crippen MR) is 98.0 cm³/mol. The second-order valence-electron chi connectivity index (χ2n) is 4.72. The molecule has 1 aromatic carbocycles. The summed E-state index contributed by atoms with van der Waals surface area (Å²) in [6.07, 6.45) is 0. The van der Waals surface area contributed by atoms with Gasteiger partial charge >= 0.3 is 0 Å². The molecule has 1 amide bonds. The highest BCUT2D eigenvalue weighted by Crippen LogP contribution is 2.19. The zero-order valence-corrected chi connectivity index (χ0v) is 15.0. The van der Waals surface area contributed by atoms with E-state index in [4.69, 9.17) is 23.8 Å². The third kappa shape index (κ3) is 6.13. The average Bonchev–Trinajstić information content (AvgIpc) is 2.45. The van der Waals surface area contributed by atoms with Crippen molar-refractivity contribution in [2.45, 2.75) is 18.7 Å². The number of thiocarbonyl (C=S) groups is 1. The minimum absolute atomic E-state index is 0.178. The van der Waals surface area contributed by atoms with Crippen LogP contribution in [-0.4, -0.2) is 26.7 Å². The number of hydrogen-bond donors (Lipinski definition) is 2. The number of rotatable bonds is 4. The highest BCUT2D eigenvalue weighted by Gasteiger charge is 2.08. The molecule has 8 heteroatoms. The molecule has 0 aliphatic carbocycles. The molecule has 120 valence electrons. The largest absolute Gasteiger partial charge is 0.302 e. The third-order valence-corrected chi connectivity index (χ3v) is 4.11. The Morgan fingerprint density at radius 1 is 1.22 bits per heavy atom. The summed E-state index contributed by atoms with van der Waals surface area (Å²) < 4.78 is 0. The first-order valence-electron chi connectivity index (χ1n) is 6.74. The van der Waals surface area contributed by atoms with E-state index >= 15 is 0 Å². The van der Waals surface area contributed by atoms with Crippen molar-refractivity contribution in [2.24, 2.45) is 0 Å². The molecule has 0 aliphatic rings. The van der Waals surface area contributed by atoms with E-state index in [1.807, 2.05) is 32.0 Å². The second-order valence-corrected chi connectivity index (χ2v) is 6.61. The summed E-state index contributed by atoms with van der Waals surface area (Å²) in [6.45, 7) is 3.73. The molecule has 0 unspecified atom stereocenters. The van der Waals surface area contributed by atoms with Gasteiger partial charge in [-0.15, -0.1) is 11.8 Å². The number of nitrogens with zero attached hydrogens (tertiary/aromatic N) is 2. The van der Waals surface area contributed by atoms with Crippen LogP contribution in [0.4, 0.5) is 5.95 Å². The molecule has 5 nitrogen and oxygen atoms in total. The highest BCUT2D eigenvalue weighted by molar-refractivity contribution is 8.00.